The van der Waals surface area contributed by atoms with Crippen molar-refractivity contribution >= 4 is 16.6 Å². The Bertz CT molecular complexity index is 999. The lowest BCUT2D eigenvalue weighted by molar-refractivity contribution is 0.130. The van der Waals surface area contributed by atoms with Crippen molar-refractivity contribution in [2.75, 3.05) is 5.73 Å². The van der Waals surface area contributed by atoms with Crippen molar-refractivity contribution in [3.8, 4) is 11.5 Å². The van der Waals surface area contributed by atoms with Gasteiger partial charge in [0.2, 0.25) is 0 Å². The van der Waals surface area contributed by atoms with Gasteiger partial charge in [0.15, 0.2) is 14.7 Å². The molecule has 4 heteroatoms. The fraction of sp³-hybridized carbons (Fsp3) is 0.357. The van der Waals surface area contributed by atoms with E-state index in [1.54, 1.807) is 0 Å². The van der Waals surface area contributed by atoms with Crippen LogP contribution in [0.15, 0.2) is 75.4 Å². The molecule has 0 unspecified atom stereocenters. The first-order valence-electron chi connectivity index (χ1n) is 11.0. The van der Waals surface area contributed by atoms with E-state index in [-0.39, 0.29) is 22.1 Å². The Balaban J connectivity index is 2.06. The van der Waals surface area contributed by atoms with Crippen molar-refractivity contribution in [1.82, 2.24) is 0 Å². The summed E-state index contributed by atoms with van der Waals surface area (Å²) in [6, 6.07) is 21.2. The molecule has 0 aliphatic carbocycles. The lowest BCUT2D eigenvalue weighted by Gasteiger charge is -2.21. The molecule has 2 N–H and O–H groups in total. The number of hydrogen-bond acceptors (Lipinski definition) is 3. The van der Waals surface area contributed by atoms with Gasteiger partial charge in [0.25, 0.3) is 0 Å². The highest BCUT2D eigenvalue weighted by molar-refractivity contribution is 7.97. The van der Waals surface area contributed by atoms with E-state index in [0.29, 0.717) is 0 Å². The van der Waals surface area contributed by atoms with Gasteiger partial charge in [-0.3, -0.25) is 0 Å². The number of rotatable bonds is 5. The molecular formula is C28H36NO2S+. The number of ether oxygens (including phenoxy) is 2. The molecule has 0 saturated carbocycles. The highest BCUT2D eigenvalue weighted by Crippen LogP contribution is 2.37. The van der Waals surface area contributed by atoms with Crippen LogP contribution in [0.2, 0.25) is 0 Å². The SMILES string of the molecule is Cc1c(N)ccc([S+](c2ccc(OC(C)(C)C)cc2)c2ccc(OC(C)(C)C)cc2)c1C. The van der Waals surface area contributed by atoms with E-state index in [0.717, 1.165) is 22.7 Å². The quantitative estimate of drug-likeness (QED) is 0.327. The molecule has 0 bridgehead atoms. The molecule has 0 spiro atoms. The topological polar surface area (TPSA) is 44.5 Å². The minimum Gasteiger partial charge on any atom is -0.488 e. The lowest BCUT2D eigenvalue weighted by atomic mass is 10.1. The second kappa shape index (κ2) is 9.11. The Morgan fingerprint density at radius 3 is 1.38 bits per heavy atom. The van der Waals surface area contributed by atoms with Gasteiger partial charge in [-0.25, -0.2) is 0 Å². The van der Waals surface area contributed by atoms with Crippen LogP contribution in [-0.2, 0) is 10.9 Å². The summed E-state index contributed by atoms with van der Waals surface area (Å²) >= 11 is 0. The molecule has 32 heavy (non-hydrogen) atoms. The van der Waals surface area contributed by atoms with E-state index in [2.05, 4.69) is 110 Å². The Morgan fingerprint density at radius 1 is 0.594 bits per heavy atom. The summed E-state index contributed by atoms with van der Waals surface area (Å²) in [4.78, 5) is 3.76. The van der Waals surface area contributed by atoms with E-state index in [1.807, 2.05) is 6.07 Å². The second-order valence-electron chi connectivity index (χ2n) is 10.1. The van der Waals surface area contributed by atoms with Crippen LogP contribution < -0.4 is 15.2 Å². The third-order valence-corrected chi connectivity index (χ3v) is 7.34. The van der Waals surface area contributed by atoms with Crippen LogP contribution in [0.25, 0.3) is 0 Å². The summed E-state index contributed by atoms with van der Waals surface area (Å²) in [5, 5.41) is 0. The molecule has 0 aliphatic rings. The van der Waals surface area contributed by atoms with E-state index < -0.39 is 0 Å². The lowest BCUT2D eigenvalue weighted by Crippen LogP contribution is -2.23. The molecule has 3 nitrogen and oxygen atoms in total. The fourth-order valence-corrected chi connectivity index (χ4v) is 5.68. The summed E-state index contributed by atoms with van der Waals surface area (Å²) < 4.78 is 12.1. The summed E-state index contributed by atoms with van der Waals surface area (Å²) in [5.74, 6) is 1.76. The number of hydrogen-bond donors (Lipinski definition) is 1. The Hall–Kier alpha value is -2.59. The predicted molar refractivity (Wildman–Crippen MR) is 136 cm³/mol. The highest BCUT2D eigenvalue weighted by Gasteiger charge is 2.31. The van der Waals surface area contributed by atoms with E-state index in [1.165, 1.54) is 20.2 Å². The molecule has 0 radical (unpaired) electrons. The van der Waals surface area contributed by atoms with Gasteiger partial charge in [-0.2, -0.15) is 0 Å². The molecule has 170 valence electrons. The second-order valence-corrected chi connectivity index (χ2v) is 12.1. The predicted octanol–water partition coefficient (Wildman–Crippen LogP) is 7.34. The van der Waals surface area contributed by atoms with Crippen LogP contribution in [0.1, 0.15) is 52.7 Å². The molecule has 0 aliphatic heterocycles. The van der Waals surface area contributed by atoms with Gasteiger partial charge in [-0.1, -0.05) is 0 Å². The van der Waals surface area contributed by atoms with E-state index in [4.69, 9.17) is 15.2 Å². The smallest absolute Gasteiger partial charge is 0.169 e. The largest absolute Gasteiger partial charge is 0.488 e. The maximum atomic E-state index is 6.19. The van der Waals surface area contributed by atoms with Crippen molar-refractivity contribution in [2.24, 2.45) is 0 Å². The zero-order valence-corrected chi connectivity index (χ0v) is 21.4. The molecular weight excluding hydrogens is 414 g/mol. The molecule has 0 atom stereocenters. The molecule has 0 saturated heterocycles. The number of nitrogens with two attached hydrogens (primary N) is 1. The third kappa shape index (κ3) is 6.01. The maximum Gasteiger partial charge on any atom is 0.169 e. The van der Waals surface area contributed by atoms with Gasteiger partial charge in [0.1, 0.15) is 22.7 Å². The zero-order valence-electron chi connectivity index (χ0n) is 20.6. The molecule has 3 rings (SSSR count). The van der Waals surface area contributed by atoms with Crippen molar-refractivity contribution < 1.29 is 9.47 Å². The van der Waals surface area contributed by atoms with Gasteiger partial charge in [-0.15, -0.1) is 0 Å². The first kappa shape index (κ1) is 24.1. The van der Waals surface area contributed by atoms with Crippen LogP contribution in [0.5, 0.6) is 11.5 Å². The van der Waals surface area contributed by atoms with Crippen LogP contribution in [0.3, 0.4) is 0 Å². The molecule has 3 aromatic carbocycles. The third-order valence-electron chi connectivity index (χ3n) is 4.97. The van der Waals surface area contributed by atoms with Crippen molar-refractivity contribution in [3.63, 3.8) is 0 Å². The normalized spacial score (nSPS) is 12.2. The van der Waals surface area contributed by atoms with Gasteiger partial charge in [0.05, 0.1) is 10.9 Å². The number of anilines is 1. The molecule has 0 aromatic heterocycles. The zero-order chi connectivity index (χ0) is 23.7. The Kier molecular flexibility index (Phi) is 6.85. The van der Waals surface area contributed by atoms with Gasteiger partial charge < -0.3 is 15.2 Å². The highest BCUT2D eigenvalue weighted by atomic mass is 32.2. The molecule has 0 fully saturated rings. The van der Waals surface area contributed by atoms with E-state index >= 15 is 0 Å². The average Bonchev–Trinajstić information content (AvgIpc) is 2.68. The van der Waals surface area contributed by atoms with Gasteiger partial charge >= 0.3 is 0 Å². The van der Waals surface area contributed by atoms with Crippen LogP contribution in [-0.4, -0.2) is 11.2 Å². The summed E-state index contributed by atoms with van der Waals surface area (Å²) in [7, 11) is -0.274. The maximum absolute atomic E-state index is 6.19. The summed E-state index contributed by atoms with van der Waals surface area (Å²) in [6.07, 6.45) is 0. The number of nitrogen functional groups attached to an aromatic ring is 1. The fourth-order valence-electron chi connectivity index (χ4n) is 3.42. The average molecular weight is 451 g/mol. The van der Waals surface area contributed by atoms with Crippen molar-refractivity contribution in [2.45, 2.75) is 81.3 Å². The summed E-state index contributed by atoms with van der Waals surface area (Å²) in [6.45, 7) is 16.6. The van der Waals surface area contributed by atoms with Crippen LogP contribution in [0, 0.1) is 13.8 Å². The Morgan fingerprint density at radius 2 is 1.00 bits per heavy atom. The van der Waals surface area contributed by atoms with Crippen LogP contribution in [0.4, 0.5) is 5.69 Å². The minimum absolute atomic E-state index is 0.225. The molecule has 3 aromatic rings. The Labute approximate surface area is 196 Å². The molecule has 0 heterocycles. The molecule has 0 amide bonds. The van der Waals surface area contributed by atoms with Crippen molar-refractivity contribution in [1.29, 1.82) is 0 Å². The monoisotopic (exact) mass is 450 g/mol. The standard InChI is InChI=1S/C28H36NO2S/c1-19-20(2)26(18-17-25(19)29)32(23-13-9-21(10-14-23)30-27(3,4)5)24-15-11-22(12-16-24)31-28(6,7)8/h9-18H,29H2,1-8H3/q+1. The van der Waals surface area contributed by atoms with E-state index in [9.17, 15) is 0 Å². The summed E-state index contributed by atoms with van der Waals surface area (Å²) in [5.41, 5.74) is 8.95. The first-order chi connectivity index (χ1) is 14.8. The van der Waals surface area contributed by atoms with Gasteiger partial charge in [0, 0.05) is 11.3 Å². The minimum atomic E-state index is -0.274. The van der Waals surface area contributed by atoms with Crippen molar-refractivity contribution in [3.05, 3.63) is 71.8 Å². The number of benzene rings is 3. The first-order valence-corrected chi connectivity index (χ1v) is 12.2. The van der Waals surface area contributed by atoms with Crippen LogP contribution >= 0.6 is 0 Å². The van der Waals surface area contributed by atoms with Gasteiger partial charge in [-0.05, 0) is 122 Å².